The first-order valence-electron chi connectivity index (χ1n) is 9.60. The van der Waals surface area contributed by atoms with Crippen molar-refractivity contribution >= 4 is 5.57 Å². The lowest BCUT2D eigenvalue weighted by molar-refractivity contribution is -0.00799. The molecule has 1 saturated carbocycles. The lowest BCUT2D eigenvalue weighted by Gasteiger charge is -2.59. The van der Waals surface area contributed by atoms with Crippen LogP contribution in [0.2, 0.25) is 0 Å². The minimum atomic E-state index is 0.204. The average molecular weight is 316 g/mol. The zero-order valence-electron chi connectivity index (χ0n) is 15.4. The predicted octanol–water partition coefficient (Wildman–Crippen LogP) is 6.52. The topological polar surface area (TPSA) is 0 Å². The molecule has 1 fully saturated rings. The number of benzene rings is 1. The maximum absolute atomic E-state index is 2.51. The van der Waals surface area contributed by atoms with Gasteiger partial charge in [0.2, 0.25) is 0 Å². The first kappa shape index (κ1) is 14.8. The Balaban J connectivity index is 1.70. The van der Waals surface area contributed by atoms with Gasteiger partial charge < -0.3 is 0 Å². The summed E-state index contributed by atoms with van der Waals surface area (Å²) in [7, 11) is 0. The zero-order valence-corrected chi connectivity index (χ0v) is 15.4. The highest BCUT2D eigenvalue weighted by atomic mass is 14.6. The van der Waals surface area contributed by atoms with Crippen molar-refractivity contribution in [1.82, 2.24) is 0 Å². The van der Waals surface area contributed by atoms with Crippen molar-refractivity contribution < 1.29 is 0 Å². The van der Waals surface area contributed by atoms with Crippen LogP contribution in [0.3, 0.4) is 0 Å². The van der Waals surface area contributed by atoms with Gasteiger partial charge in [0, 0.05) is 5.92 Å². The monoisotopic (exact) mass is 316 g/mol. The molecular formula is C24H28. The SMILES string of the molecule is CC(C)(C1=CC=CC1)[C@@H]1C2=C(C[C@H]3C[C@@H]2C3(C)C)c2ccccc21. The van der Waals surface area contributed by atoms with Gasteiger partial charge in [0.15, 0.2) is 0 Å². The Morgan fingerprint density at radius 1 is 1.12 bits per heavy atom. The molecule has 24 heavy (non-hydrogen) atoms. The van der Waals surface area contributed by atoms with E-state index in [1.165, 1.54) is 12.8 Å². The number of fused-ring (bicyclic) bond motifs is 1. The third kappa shape index (κ3) is 1.65. The summed E-state index contributed by atoms with van der Waals surface area (Å²) in [5.41, 5.74) is 9.01. The van der Waals surface area contributed by atoms with Crippen LogP contribution in [0.5, 0.6) is 0 Å². The van der Waals surface area contributed by atoms with Crippen LogP contribution in [0.25, 0.3) is 5.57 Å². The third-order valence-electron chi connectivity index (χ3n) is 7.87. The number of hydrogen-bond acceptors (Lipinski definition) is 0. The fourth-order valence-corrected chi connectivity index (χ4v) is 6.18. The molecule has 6 rings (SSSR count). The largest absolute Gasteiger partial charge is 0.0804 e. The normalized spacial score (nSPS) is 32.3. The summed E-state index contributed by atoms with van der Waals surface area (Å²) in [6.07, 6.45) is 10.8. The molecule has 0 amide bonds. The van der Waals surface area contributed by atoms with Gasteiger partial charge in [-0.1, -0.05) is 81.3 Å². The van der Waals surface area contributed by atoms with Crippen molar-refractivity contribution in [1.29, 1.82) is 0 Å². The van der Waals surface area contributed by atoms with Gasteiger partial charge in [-0.15, -0.1) is 0 Å². The maximum Gasteiger partial charge on any atom is 0.0152 e. The summed E-state index contributed by atoms with van der Waals surface area (Å²) in [5, 5.41) is 0. The van der Waals surface area contributed by atoms with Crippen molar-refractivity contribution in [2.24, 2.45) is 22.7 Å². The number of rotatable bonds is 2. The van der Waals surface area contributed by atoms with E-state index in [1.807, 2.05) is 0 Å². The first-order chi connectivity index (χ1) is 11.4. The van der Waals surface area contributed by atoms with E-state index in [2.05, 4.69) is 70.2 Å². The lowest BCUT2D eigenvalue weighted by Crippen LogP contribution is -2.50. The smallest absolute Gasteiger partial charge is 0.0152 e. The minimum absolute atomic E-state index is 0.204. The average Bonchev–Trinajstić information content (AvgIpc) is 3.21. The zero-order chi connectivity index (χ0) is 16.7. The molecule has 0 aliphatic heterocycles. The van der Waals surface area contributed by atoms with Crippen molar-refractivity contribution in [2.45, 2.75) is 52.9 Å². The molecule has 3 atom stereocenters. The summed E-state index contributed by atoms with van der Waals surface area (Å²) in [4.78, 5) is 0. The van der Waals surface area contributed by atoms with Gasteiger partial charge in [-0.25, -0.2) is 0 Å². The Labute approximate surface area is 146 Å². The summed E-state index contributed by atoms with van der Waals surface area (Å²) >= 11 is 0. The predicted molar refractivity (Wildman–Crippen MR) is 102 cm³/mol. The molecule has 0 N–H and O–H groups in total. The van der Waals surface area contributed by atoms with Gasteiger partial charge in [0.25, 0.3) is 0 Å². The van der Waals surface area contributed by atoms with E-state index in [9.17, 15) is 0 Å². The molecule has 1 aromatic rings. The van der Waals surface area contributed by atoms with Gasteiger partial charge in [-0.05, 0) is 58.6 Å². The van der Waals surface area contributed by atoms with E-state index in [4.69, 9.17) is 0 Å². The molecule has 0 nitrogen and oxygen atoms in total. The molecular weight excluding hydrogens is 288 g/mol. The van der Waals surface area contributed by atoms with E-state index < -0.39 is 0 Å². The van der Waals surface area contributed by atoms with Crippen LogP contribution in [0.1, 0.15) is 64.0 Å². The van der Waals surface area contributed by atoms with E-state index in [-0.39, 0.29) is 5.41 Å². The standard InChI is InChI=1S/C24H28/c1-23(2)16-13-19-17-11-7-8-12-18(17)22(21(19)20(23)14-16)24(3,4)15-9-5-6-10-15/h5-9,11-12,16,20,22H,10,13-14H2,1-4H3/t16-,20-,22-/m0/s1. The highest BCUT2D eigenvalue weighted by Crippen LogP contribution is 2.70. The number of allylic oxidation sites excluding steroid dienone is 6. The fraction of sp³-hybridized carbons (Fsp3) is 0.500. The van der Waals surface area contributed by atoms with Crippen molar-refractivity contribution in [3.05, 3.63) is 64.8 Å². The summed E-state index contributed by atoms with van der Waals surface area (Å²) < 4.78 is 0. The summed E-state index contributed by atoms with van der Waals surface area (Å²) in [6.45, 7) is 10.0. The first-order valence-corrected chi connectivity index (χ1v) is 9.60. The Hall–Kier alpha value is -1.56. The molecule has 2 bridgehead atoms. The maximum atomic E-state index is 2.51. The fourth-order valence-electron chi connectivity index (χ4n) is 6.18. The Kier molecular flexibility index (Phi) is 2.79. The Bertz CT molecular complexity index is 812. The molecule has 0 heterocycles. The van der Waals surface area contributed by atoms with Crippen LogP contribution in [-0.2, 0) is 0 Å². The van der Waals surface area contributed by atoms with Gasteiger partial charge in [0.1, 0.15) is 0 Å². The van der Waals surface area contributed by atoms with Crippen LogP contribution >= 0.6 is 0 Å². The summed E-state index contributed by atoms with van der Waals surface area (Å²) in [5.74, 6) is 2.25. The molecule has 0 heteroatoms. The van der Waals surface area contributed by atoms with Gasteiger partial charge in [0.05, 0.1) is 0 Å². The van der Waals surface area contributed by atoms with E-state index in [0.717, 1.165) is 18.3 Å². The van der Waals surface area contributed by atoms with Crippen LogP contribution in [0.4, 0.5) is 0 Å². The van der Waals surface area contributed by atoms with Gasteiger partial charge in [-0.2, -0.15) is 0 Å². The minimum Gasteiger partial charge on any atom is -0.0804 e. The highest BCUT2D eigenvalue weighted by molar-refractivity contribution is 5.81. The molecule has 124 valence electrons. The highest BCUT2D eigenvalue weighted by Gasteiger charge is 2.58. The van der Waals surface area contributed by atoms with Crippen molar-refractivity contribution in [2.75, 3.05) is 0 Å². The molecule has 0 spiro atoms. The van der Waals surface area contributed by atoms with E-state index in [0.29, 0.717) is 11.3 Å². The van der Waals surface area contributed by atoms with Crippen LogP contribution in [0, 0.1) is 22.7 Å². The van der Waals surface area contributed by atoms with E-state index >= 15 is 0 Å². The van der Waals surface area contributed by atoms with Crippen LogP contribution in [0.15, 0.2) is 53.6 Å². The Morgan fingerprint density at radius 2 is 1.92 bits per heavy atom. The molecule has 0 aromatic heterocycles. The second-order valence-electron chi connectivity index (χ2n) is 9.51. The molecule has 0 unspecified atom stereocenters. The van der Waals surface area contributed by atoms with Crippen molar-refractivity contribution in [3.8, 4) is 0 Å². The second kappa shape index (κ2) is 4.54. The third-order valence-corrected chi connectivity index (χ3v) is 7.87. The molecule has 1 aromatic carbocycles. The molecule has 5 aliphatic rings. The quantitative estimate of drug-likeness (QED) is 0.583. The molecule has 0 radical (unpaired) electrons. The van der Waals surface area contributed by atoms with Gasteiger partial charge >= 0.3 is 0 Å². The summed E-state index contributed by atoms with van der Waals surface area (Å²) in [6, 6.07) is 9.28. The second-order valence-corrected chi connectivity index (χ2v) is 9.51. The van der Waals surface area contributed by atoms with Crippen LogP contribution < -0.4 is 0 Å². The molecule has 0 saturated heterocycles. The molecule has 5 aliphatic carbocycles. The Morgan fingerprint density at radius 3 is 2.62 bits per heavy atom. The van der Waals surface area contributed by atoms with E-state index in [1.54, 1.807) is 27.8 Å². The van der Waals surface area contributed by atoms with Crippen molar-refractivity contribution in [3.63, 3.8) is 0 Å². The lowest BCUT2D eigenvalue weighted by atomic mass is 9.45. The van der Waals surface area contributed by atoms with Gasteiger partial charge in [-0.3, -0.25) is 0 Å². The number of hydrogen-bond donors (Lipinski definition) is 0. The van der Waals surface area contributed by atoms with Crippen LogP contribution in [-0.4, -0.2) is 0 Å².